The molecule has 1 amide bonds. The Kier molecular flexibility index (Phi) is 7.27. The van der Waals surface area contributed by atoms with Crippen molar-refractivity contribution >= 4 is 45.3 Å². The number of benzene rings is 1. The fourth-order valence-electron chi connectivity index (χ4n) is 3.52. The number of pyridine rings is 1. The van der Waals surface area contributed by atoms with E-state index in [1.807, 2.05) is 36.6 Å². The summed E-state index contributed by atoms with van der Waals surface area (Å²) in [6.45, 7) is 1.79. The molecule has 35 heavy (non-hydrogen) atoms. The number of alkyl halides is 3. The number of para-hydroxylation sites is 1. The van der Waals surface area contributed by atoms with E-state index in [-0.39, 0.29) is 29.5 Å². The SMILES string of the molecule is C/C=S(/NC(=O)c1ccc(N2CCC(OCC3(C(F)(F)F)CC3)=N2)nc1Cl)c1ccccc1OC. The van der Waals surface area contributed by atoms with Crippen LogP contribution in [0.25, 0.3) is 0 Å². The fourth-order valence-corrected chi connectivity index (χ4v) is 5.14. The van der Waals surface area contributed by atoms with E-state index in [4.69, 9.17) is 21.1 Å². The maximum absolute atomic E-state index is 13.1. The highest BCUT2D eigenvalue weighted by Crippen LogP contribution is 2.57. The minimum Gasteiger partial charge on any atom is -0.496 e. The lowest BCUT2D eigenvalue weighted by Gasteiger charge is -2.19. The third-order valence-electron chi connectivity index (χ3n) is 5.83. The molecular weight excluding hydrogens is 505 g/mol. The number of carbonyl (C=O) groups excluding carboxylic acids is 1. The van der Waals surface area contributed by atoms with Crippen LogP contribution in [0.1, 0.15) is 36.5 Å². The molecule has 0 radical (unpaired) electrons. The van der Waals surface area contributed by atoms with Gasteiger partial charge < -0.3 is 9.47 Å². The largest absolute Gasteiger partial charge is 0.496 e. The standard InChI is InChI=1S/C23H24ClF3N4O3S/c1-3-35(17-7-5-4-6-16(17)33-2)30-21(32)15-8-9-18(28-20(15)24)31-13-10-19(29-31)34-14-22(11-12-22)23(25,26)27/h3-9H,10-14H2,1-2H3,(H,30,32). The Morgan fingerprint density at radius 1 is 1.29 bits per heavy atom. The van der Waals surface area contributed by atoms with Gasteiger partial charge in [-0.05, 0) is 49.4 Å². The summed E-state index contributed by atoms with van der Waals surface area (Å²) in [5.41, 5.74) is -1.57. The Morgan fingerprint density at radius 3 is 2.66 bits per heavy atom. The smallest absolute Gasteiger partial charge is 0.397 e. The van der Waals surface area contributed by atoms with E-state index in [0.717, 1.165) is 4.90 Å². The van der Waals surface area contributed by atoms with Gasteiger partial charge in [-0.15, -0.1) is 5.10 Å². The van der Waals surface area contributed by atoms with Crippen molar-refractivity contribution in [2.24, 2.45) is 10.5 Å². The molecule has 12 heteroatoms. The first-order valence-electron chi connectivity index (χ1n) is 10.8. The van der Waals surface area contributed by atoms with Gasteiger partial charge in [-0.1, -0.05) is 34.4 Å². The first-order chi connectivity index (χ1) is 16.7. The molecule has 1 fully saturated rings. The maximum Gasteiger partial charge on any atom is 0.397 e. The fraction of sp³-hybridized carbons (Fsp3) is 0.391. The number of nitrogens with one attached hydrogen (secondary N) is 1. The number of methoxy groups -OCH3 is 1. The van der Waals surface area contributed by atoms with Gasteiger partial charge in [-0.25, -0.2) is 9.99 Å². The van der Waals surface area contributed by atoms with Gasteiger partial charge >= 0.3 is 6.18 Å². The molecule has 1 aromatic carbocycles. The summed E-state index contributed by atoms with van der Waals surface area (Å²) in [5, 5.41) is 7.57. The number of ether oxygens (including phenoxy) is 2. The van der Waals surface area contributed by atoms with Gasteiger partial charge in [0.1, 0.15) is 22.9 Å². The molecule has 1 aromatic heterocycles. The van der Waals surface area contributed by atoms with Gasteiger partial charge in [0.25, 0.3) is 5.91 Å². The molecule has 1 unspecified atom stereocenters. The number of anilines is 1. The first kappa shape index (κ1) is 25.3. The van der Waals surface area contributed by atoms with Crippen molar-refractivity contribution in [2.45, 2.75) is 37.3 Å². The summed E-state index contributed by atoms with van der Waals surface area (Å²) < 4.78 is 53.0. The van der Waals surface area contributed by atoms with Gasteiger partial charge in [-0.3, -0.25) is 9.52 Å². The van der Waals surface area contributed by atoms with Crippen LogP contribution in [-0.4, -0.2) is 48.6 Å². The van der Waals surface area contributed by atoms with Crippen molar-refractivity contribution in [2.75, 3.05) is 25.3 Å². The zero-order chi connectivity index (χ0) is 25.2. The maximum atomic E-state index is 13.1. The predicted octanol–water partition coefficient (Wildman–Crippen LogP) is 5.42. The number of carbonyl (C=O) groups is 1. The molecule has 2 aromatic rings. The Labute approximate surface area is 208 Å². The second-order valence-electron chi connectivity index (χ2n) is 8.10. The van der Waals surface area contributed by atoms with E-state index in [9.17, 15) is 18.0 Å². The highest BCUT2D eigenvalue weighted by atomic mass is 35.5. The molecule has 0 spiro atoms. The van der Waals surface area contributed by atoms with Gasteiger partial charge in [0.2, 0.25) is 5.90 Å². The van der Waals surface area contributed by atoms with Crippen LogP contribution < -0.4 is 14.5 Å². The number of rotatable bonds is 7. The summed E-state index contributed by atoms with van der Waals surface area (Å²) in [7, 11) is 0.831. The Hall–Kier alpha value is -2.79. The lowest BCUT2D eigenvalue weighted by atomic mass is 10.1. The summed E-state index contributed by atoms with van der Waals surface area (Å²) in [5.74, 6) is 0.839. The molecule has 1 atom stereocenters. The second-order valence-corrected chi connectivity index (χ2v) is 10.2. The van der Waals surface area contributed by atoms with Crippen molar-refractivity contribution in [1.82, 2.24) is 9.71 Å². The summed E-state index contributed by atoms with van der Waals surface area (Å²) >= 11 is 6.31. The van der Waals surface area contributed by atoms with E-state index in [1.165, 1.54) is 11.1 Å². The third-order valence-corrected chi connectivity index (χ3v) is 7.80. The number of halogens is 4. The Balaban J connectivity index is 1.42. The molecule has 1 saturated carbocycles. The second kappa shape index (κ2) is 10.1. The summed E-state index contributed by atoms with van der Waals surface area (Å²) in [6, 6.07) is 10.5. The average molecular weight is 529 g/mol. The van der Waals surface area contributed by atoms with E-state index < -0.39 is 34.8 Å². The van der Waals surface area contributed by atoms with Crippen molar-refractivity contribution < 1.29 is 27.4 Å². The molecule has 1 aliphatic heterocycles. The molecule has 2 aliphatic rings. The number of aromatic nitrogens is 1. The van der Waals surface area contributed by atoms with Crippen LogP contribution in [0.5, 0.6) is 5.75 Å². The van der Waals surface area contributed by atoms with Crippen molar-refractivity contribution in [3.8, 4) is 5.75 Å². The minimum absolute atomic E-state index is 0.0155. The molecule has 0 saturated heterocycles. The van der Waals surface area contributed by atoms with E-state index in [0.29, 0.717) is 24.5 Å². The quantitative estimate of drug-likeness (QED) is 0.383. The molecule has 0 bridgehead atoms. The van der Waals surface area contributed by atoms with Crippen molar-refractivity contribution in [1.29, 1.82) is 0 Å². The number of hydrogen-bond donors (Lipinski definition) is 1. The van der Waals surface area contributed by atoms with E-state index in [1.54, 1.807) is 13.2 Å². The van der Waals surface area contributed by atoms with Crippen LogP contribution >= 0.6 is 22.3 Å². The van der Waals surface area contributed by atoms with E-state index >= 15 is 0 Å². The van der Waals surface area contributed by atoms with Crippen LogP contribution in [0.2, 0.25) is 5.15 Å². The van der Waals surface area contributed by atoms with Crippen LogP contribution in [-0.2, 0) is 4.74 Å². The molecule has 1 N–H and O–H groups in total. The monoisotopic (exact) mass is 528 g/mol. The van der Waals surface area contributed by atoms with Crippen molar-refractivity contribution in [3.05, 3.63) is 47.1 Å². The first-order valence-corrected chi connectivity index (χ1v) is 12.5. The molecule has 188 valence electrons. The topological polar surface area (TPSA) is 76.1 Å². The average Bonchev–Trinajstić information content (AvgIpc) is 3.51. The molecule has 1 aliphatic carbocycles. The number of hydrazone groups is 1. The highest BCUT2D eigenvalue weighted by molar-refractivity contribution is 8.13. The van der Waals surface area contributed by atoms with Gasteiger partial charge in [0.05, 0.1) is 24.1 Å². The molecule has 2 heterocycles. The molecule has 7 nitrogen and oxygen atoms in total. The normalized spacial score (nSPS) is 17.7. The van der Waals surface area contributed by atoms with Crippen molar-refractivity contribution in [3.63, 3.8) is 0 Å². The van der Waals surface area contributed by atoms with Gasteiger partial charge in [0.15, 0.2) is 5.82 Å². The van der Waals surface area contributed by atoms with Crippen LogP contribution in [0.4, 0.5) is 19.0 Å². The zero-order valence-electron chi connectivity index (χ0n) is 19.1. The Morgan fingerprint density at radius 2 is 2.03 bits per heavy atom. The predicted molar refractivity (Wildman–Crippen MR) is 130 cm³/mol. The van der Waals surface area contributed by atoms with E-state index in [2.05, 4.69) is 14.8 Å². The van der Waals surface area contributed by atoms with Crippen LogP contribution in [0.3, 0.4) is 0 Å². The summed E-state index contributed by atoms with van der Waals surface area (Å²) in [4.78, 5) is 18.0. The zero-order valence-corrected chi connectivity index (χ0v) is 20.6. The minimum atomic E-state index is -4.28. The van der Waals surface area contributed by atoms with Crippen LogP contribution in [0.15, 0.2) is 46.4 Å². The number of nitrogens with zero attached hydrogens (tertiary/aromatic N) is 3. The van der Waals surface area contributed by atoms with Gasteiger partial charge in [-0.2, -0.15) is 13.2 Å². The highest BCUT2D eigenvalue weighted by Gasteiger charge is 2.64. The lowest BCUT2D eigenvalue weighted by Crippen LogP contribution is -2.30. The van der Waals surface area contributed by atoms with Gasteiger partial charge in [0, 0.05) is 6.42 Å². The number of hydrogen-bond acceptors (Lipinski definition) is 6. The molecule has 4 rings (SSSR count). The summed E-state index contributed by atoms with van der Waals surface area (Å²) in [6.07, 6.45) is -3.79. The molecular formula is C23H24ClF3N4O3S. The third kappa shape index (κ3) is 5.40. The number of amides is 1. The Bertz CT molecular complexity index is 1180. The van der Waals surface area contributed by atoms with Crippen LogP contribution in [0, 0.1) is 5.41 Å². The lowest BCUT2D eigenvalue weighted by molar-refractivity contribution is -0.195.